The van der Waals surface area contributed by atoms with Crippen molar-refractivity contribution >= 4 is 23.6 Å². The normalized spacial score (nSPS) is 11.0. The second-order valence-corrected chi connectivity index (χ2v) is 6.05. The summed E-state index contributed by atoms with van der Waals surface area (Å²) < 4.78 is 10.5. The summed E-state index contributed by atoms with van der Waals surface area (Å²) in [6, 6.07) is 17.5. The second-order valence-electron chi connectivity index (χ2n) is 6.05. The first-order valence-electron chi connectivity index (χ1n) is 8.64. The fourth-order valence-corrected chi connectivity index (χ4v) is 2.51. The minimum Gasteiger partial charge on any atom is -0.495 e. The number of methoxy groups -OCH3 is 1. The van der Waals surface area contributed by atoms with Crippen molar-refractivity contribution in [3.63, 3.8) is 0 Å². The molecule has 0 bridgehead atoms. The number of amides is 2. The molecule has 0 saturated heterocycles. The molecule has 0 saturated carbocycles. The molecule has 3 rings (SSSR count). The van der Waals surface area contributed by atoms with Crippen molar-refractivity contribution in [1.29, 1.82) is 0 Å². The number of hydrogen-bond acceptors (Lipinski definition) is 4. The van der Waals surface area contributed by atoms with Gasteiger partial charge in [0.05, 0.1) is 19.1 Å². The van der Waals surface area contributed by atoms with E-state index < -0.39 is 11.8 Å². The van der Waals surface area contributed by atoms with Gasteiger partial charge in [0.2, 0.25) is 0 Å². The third-order valence-electron chi connectivity index (χ3n) is 3.99. The fraction of sp³-hybridized carbons (Fsp3) is 0.0909. The van der Waals surface area contributed by atoms with Gasteiger partial charge in [-0.1, -0.05) is 29.8 Å². The minimum absolute atomic E-state index is 0.0476. The van der Waals surface area contributed by atoms with Crippen molar-refractivity contribution in [3.8, 4) is 5.75 Å². The maximum absolute atomic E-state index is 12.8. The summed E-state index contributed by atoms with van der Waals surface area (Å²) in [7, 11) is 1.52. The van der Waals surface area contributed by atoms with E-state index in [1.54, 1.807) is 48.5 Å². The molecule has 0 spiro atoms. The molecular weight excluding hydrogens is 356 g/mol. The van der Waals surface area contributed by atoms with E-state index in [1.165, 1.54) is 19.4 Å². The molecular formula is C22H20N2O4. The lowest BCUT2D eigenvalue weighted by molar-refractivity contribution is -0.113. The van der Waals surface area contributed by atoms with E-state index in [4.69, 9.17) is 9.15 Å². The van der Waals surface area contributed by atoms with Crippen LogP contribution in [0, 0.1) is 6.92 Å². The smallest absolute Gasteiger partial charge is 0.272 e. The van der Waals surface area contributed by atoms with Crippen LogP contribution in [0.5, 0.6) is 5.75 Å². The molecule has 1 aromatic heterocycles. The fourth-order valence-electron chi connectivity index (χ4n) is 2.51. The first-order chi connectivity index (χ1) is 13.6. The zero-order valence-corrected chi connectivity index (χ0v) is 15.6. The zero-order valence-electron chi connectivity index (χ0n) is 15.6. The van der Waals surface area contributed by atoms with Crippen LogP contribution >= 0.6 is 0 Å². The van der Waals surface area contributed by atoms with Crippen LogP contribution in [0.3, 0.4) is 0 Å². The maximum Gasteiger partial charge on any atom is 0.272 e. The van der Waals surface area contributed by atoms with Crippen LogP contribution in [0.4, 0.5) is 5.69 Å². The van der Waals surface area contributed by atoms with Crippen LogP contribution in [0.1, 0.15) is 21.7 Å². The van der Waals surface area contributed by atoms with Gasteiger partial charge in [-0.05, 0) is 43.3 Å². The van der Waals surface area contributed by atoms with Crippen molar-refractivity contribution in [2.24, 2.45) is 0 Å². The Bertz CT molecular complexity index is 990. The predicted octanol–water partition coefficient (Wildman–Crippen LogP) is 4.01. The van der Waals surface area contributed by atoms with Crippen LogP contribution in [-0.4, -0.2) is 18.9 Å². The molecule has 0 aliphatic rings. The highest BCUT2D eigenvalue weighted by Gasteiger charge is 2.17. The van der Waals surface area contributed by atoms with E-state index in [2.05, 4.69) is 10.6 Å². The van der Waals surface area contributed by atoms with Crippen molar-refractivity contribution in [2.75, 3.05) is 12.4 Å². The van der Waals surface area contributed by atoms with E-state index in [0.29, 0.717) is 22.8 Å². The van der Waals surface area contributed by atoms with Gasteiger partial charge in [-0.15, -0.1) is 0 Å². The van der Waals surface area contributed by atoms with Crippen molar-refractivity contribution in [1.82, 2.24) is 5.32 Å². The van der Waals surface area contributed by atoms with E-state index in [0.717, 1.165) is 5.56 Å². The summed E-state index contributed by atoms with van der Waals surface area (Å²) in [5, 5.41) is 5.41. The van der Waals surface area contributed by atoms with E-state index in [1.807, 2.05) is 19.1 Å². The first-order valence-corrected chi connectivity index (χ1v) is 8.64. The molecule has 2 amide bonds. The quantitative estimate of drug-likeness (QED) is 0.637. The standard InChI is InChI=1S/C22H20N2O4/c1-15-9-11-16(12-10-15)21(25)24-19(14-17-6-5-13-28-17)22(26)23-18-7-3-4-8-20(18)27-2/h3-14H,1-2H3,(H,23,26)(H,24,25). The van der Waals surface area contributed by atoms with Gasteiger partial charge in [-0.25, -0.2) is 0 Å². The molecule has 3 aromatic rings. The summed E-state index contributed by atoms with van der Waals surface area (Å²) in [5.74, 6) is 0.0572. The predicted molar refractivity (Wildman–Crippen MR) is 107 cm³/mol. The number of benzene rings is 2. The molecule has 6 heteroatoms. The van der Waals surface area contributed by atoms with Gasteiger partial charge in [0.15, 0.2) is 0 Å². The molecule has 0 radical (unpaired) electrons. The molecule has 0 fully saturated rings. The van der Waals surface area contributed by atoms with Crippen LogP contribution in [0.25, 0.3) is 6.08 Å². The highest BCUT2D eigenvalue weighted by atomic mass is 16.5. The lowest BCUT2D eigenvalue weighted by Gasteiger charge is -2.13. The van der Waals surface area contributed by atoms with Crippen LogP contribution < -0.4 is 15.4 Å². The van der Waals surface area contributed by atoms with Crippen LogP contribution in [0.15, 0.2) is 77.0 Å². The Morgan fingerprint density at radius 2 is 1.75 bits per heavy atom. The zero-order chi connectivity index (χ0) is 19.9. The summed E-state index contributed by atoms with van der Waals surface area (Å²) in [6.45, 7) is 1.94. The number of hydrogen-bond donors (Lipinski definition) is 2. The first kappa shape index (κ1) is 19.0. The number of para-hydroxylation sites is 2. The molecule has 0 aliphatic heterocycles. The molecule has 2 N–H and O–H groups in total. The number of furan rings is 1. The Kier molecular flexibility index (Phi) is 5.91. The molecule has 28 heavy (non-hydrogen) atoms. The average Bonchev–Trinajstić information content (AvgIpc) is 3.21. The summed E-state index contributed by atoms with van der Waals surface area (Å²) >= 11 is 0. The number of ether oxygens (including phenoxy) is 1. The van der Waals surface area contributed by atoms with Gasteiger partial charge in [-0.2, -0.15) is 0 Å². The Labute approximate surface area is 162 Å². The number of aryl methyl sites for hydroxylation is 1. The van der Waals surface area contributed by atoms with Gasteiger partial charge >= 0.3 is 0 Å². The molecule has 6 nitrogen and oxygen atoms in total. The monoisotopic (exact) mass is 376 g/mol. The minimum atomic E-state index is -0.499. The maximum atomic E-state index is 12.8. The Morgan fingerprint density at radius 1 is 1.00 bits per heavy atom. The summed E-state index contributed by atoms with van der Waals surface area (Å²) in [5.41, 5.74) is 2.02. The molecule has 142 valence electrons. The Hall–Kier alpha value is -3.80. The van der Waals surface area contributed by atoms with Gasteiger partial charge < -0.3 is 19.8 Å². The van der Waals surface area contributed by atoms with Crippen molar-refractivity contribution < 1.29 is 18.7 Å². The van der Waals surface area contributed by atoms with Gasteiger partial charge in [-0.3, -0.25) is 9.59 Å². The SMILES string of the molecule is COc1ccccc1NC(=O)C(=Cc1ccco1)NC(=O)c1ccc(C)cc1. The topological polar surface area (TPSA) is 80.6 Å². The lowest BCUT2D eigenvalue weighted by Crippen LogP contribution is -2.30. The highest BCUT2D eigenvalue weighted by molar-refractivity contribution is 6.11. The molecule has 2 aromatic carbocycles. The van der Waals surface area contributed by atoms with Gasteiger partial charge in [0, 0.05) is 11.6 Å². The number of rotatable bonds is 6. The van der Waals surface area contributed by atoms with E-state index in [-0.39, 0.29) is 5.70 Å². The number of carbonyl (C=O) groups excluding carboxylic acids is 2. The lowest BCUT2D eigenvalue weighted by atomic mass is 10.1. The Morgan fingerprint density at radius 3 is 2.43 bits per heavy atom. The summed E-state index contributed by atoms with van der Waals surface area (Å²) in [6.07, 6.45) is 2.96. The van der Waals surface area contributed by atoms with E-state index in [9.17, 15) is 9.59 Å². The van der Waals surface area contributed by atoms with Crippen LogP contribution in [-0.2, 0) is 4.79 Å². The summed E-state index contributed by atoms with van der Waals surface area (Å²) in [4.78, 5) is 25.4. The van der Waals surface area contributed by atoms with Gasteiger partial charge in [0.1, 0.15) is 17.2 Å². The highest BCUT2D eigenvalue weighted by Crippen LogP contribution is 2.23. The number of carbonyl (C=O) groups is 2. The van der Waals surface area contributed by atoms with Crippen molar-refractivity contribution in [2.45, 2.75) is 6.92 Å². The molecule has 0 unspecified atom stereocenters. The third-order valence-corrected chi connectivity index (χ3v) is 3.99. The number of nitrogens with one attached hydrogen (secondary N) is 2. The second kappa shape index (κ2) is 8.73. The van der Waals surface area contributed by atoms with E-state index >= 15 is 0 Å². The third kappa shape index (κ3) is 4.67. The Balaban J connectivity index is 1.85. The molecule has 0 aliphatic carbocycles. The molecule has 1 heterocycles. The largest absolute Gasteiger partial charge is 0.495 e. The number of anilines is 1. The molecule has 0 atom stereocenters. The average molecular weight is 376 g/mol. The van der Waals surface area contributed by atoms with Crippen molar-refractivity contribution in [3.05, 3.63) is 89.5 Å². The van der Waals surface area contributed by atoms with Crippen LogP contribution in [0.2, 0.25) is 0 Å². The van der Waals surface area contributed by atoms with Gasteiger partial charge in [0.25, 0.3) is 11.8 Å².